The minimum Gasteiger partial charge on any atom is -0.475 e. The molecule has 0 spiro atoms. The lowest BCUT2D eigenvalue weighted by atomic mass is 9.76. The molecule has 2 atom stereocenters. The number of carboxylic acid groups (broad SMARTS) is 1. The molecule has 0 aromatic carbocycles. The standard InChI is InChI=1S/C11H20FN3O2.C2HF3O2/c1-7(2)11(13,9(17)14-3)8(16)10(12)4-5-15-6-10;3-2(4,5)1(6)7/h7,15H,4-6,13H2,1-3H3,(H,14,17);(H,6,7)/t10-,11-;/m1./s1. The maximum absolute atomic E-state index is 14.4. The normalized spacial score (nSPS) is 23.0. The maximum Gasteiger partial charge on any atom is 0.490 e. The number of likely N-dealkylation sites (N-methyl/N-ethyl adjacent to an activating group) is 1. The summed E-state index contributed by atoms with van der Waals surface area (Å²) in [5.41, 5.74) is 2.03. The Morgan fingerprint density at radius 1 is 1.29 bits per heavy atom. The average Bonchev–Trinajstić information content (AvgIpc) is 2.92. The van der Waals surface area contributed by atoms with Gasteiger partial charge in [-0.05, 0) is 12.5 Å². The molecule has 0 aromatic heterocycles. The van der Waals surface area contributed by atoms with Gasteiger partial charge in [0.2, 0.25) is 11.7 Å². The first-order valence-corrected chi connectivity index (χ1v) is 6.99. The van der Waals surface area contributed by atoms with Crippen molar-refractivity contribution < 1.29 is 37.1 Å². The summed E-state index contributed by atoms with van der Waals surface area (Å²) in [6.07, 6.45) is -5.02. The number of alkyl halides is 4. The van der Waals surface area contributed by atoms with Crippen LogP contribution >= 0.6 is 0 Å². The highest BCUT2D eigenvalue weighted by molar-refractivity contribution is 6.14. The quantitative estimate of drug-likeness (QED) is 0.414. The predicted molar refractivity (Wildman–Crippen MR) is 75.8 cm³/mol. The van der Waals surface area contributed by atoms with Crippen LogP contribution in [0.2, 0.25) is 0 Å². The molecule has 0 aliphatic carbocycles. The number of aliphatic carboxylic acids is 1. The summed E-state index contributed by atoms with van der Waals surface area (Å²) in [5.74, 6) is -4.69. The van der Waals surface area contributed by atoms with E-state index in [0.29, 0.717) is 6.54 Å². The van der Waals surface area contributed by atoms with Gasteiger partial charge in [0, 0.05) is 20.0 Å². The van der Waals surface area contributed by atoms with E-state index in [-0.39, 0.29) is 13.0 Å². The molecule has 1 rings (SSSR count). The molecule has 0 radical (unpaired) electrons. The van der Waals surface area contributed by atoms with Gasteiger partial charge in [0.05, 0.1) is 0 Å². The van der Waals surface area contributed by atoms with Crippen molar-refractivity contribution in [2.45, 2.75) is 37.7 Å². The zero-order valence-corrected chi connectivity index (χ0v) is 13.5. The van der Waals surface area contributed by atoms with Crippen LogP contribution in [0.3, 0.4) is 0 Å². The fourth-order valence-corrected chi connectivity index (χ4v) is 2.06. The van der Waals surface area contributed by atoms with Crippen molar-refractivity contribution in [3.63, 3.8) is 0 Å². The van der Waals surface area contributed by atoms with E-state index in [0.717, 1.165) is 0 Å². The van der Waals surface area contributed by atoms with Gasteiger partial charge in [0.15, 0.2) is 11.2 Å². The molecule has 1 fully saturated rings. The SMILES string of the molecule is CNC(=O)[C@](N)(C(=O)[C@@]1(F)CCNC1)C(C)C.O=C(O)C(F)(F)F. The van der Waals surface area contributed by atoms with Crippen LogP contribution in [0, 0.1) is 5.92 Å². The molecule has 1 amide bonds. The summed E-state index contributed by atoms with van der Waals surface area (Å²) >= 11 is 0. The van der Waals surface area contributed by atoms with Gasteiger partial charge in [-0.15, -0.1) is 0 Å². The monoisotopic (exact) mass is 359 g/mol. The second-order valence-electron chi connectivity index (χ2n) is 5.63. The highest BCUT2D eigenvalue weighted by Crippen LogP contribution is 2.29. The number of hydrogen-bond donors (Lipinski definition) is 4. The number of carbonyl (C=O) groups excluding carboxylic acids is 2. The predicted octanol–water partition coefficient (Wildman–Crippen LogP) is -0.0101. The molecular weight excluding hydrogens is 338 g/mol. The number of nitrogens with one attached hydrogen (secondary N) is 2. The fraction of sp³-hybridized carbons (Fsp3) is 0.769. The molecule has 7 nitrogen and oxygen atoms in total. The number of halogens is 4. The van der Waals surface area contributed by atoms with Gasteiger partial charge < -0.3 is 21.5 Å². The van der Waals surface area contributed by atoms with Crippen molar-refractivity contribution in [2.24, 2.45) is 11.7 Å². The Bertz CT molecular complexity index is 490. The zero-order chi connectivity index (χ0) is 19.3. The summed E-state index contributed by atoms with van der Waals surface area (Å²) in [5, 5.41) is 12.2. The van der Waals surface area contributed by atoms with Crippen LogP contribution in [0.15, 0.2) is 0 Å². The van der Waals surface area contributed by atoms with Crippen LogP contribution in [0.25, 0.3) is 0 Å². The van der Waals surface area contributed by atoms with Crippen LogP contribution in [0.4, 0.5) is 17.6 Å². The van der Waals surface area contributed by atoms with E-state index < -0.39 is 41.0 Å². The van der Waals surface area contributed by atoms with Gasteiger partial charge in [-0.2, -0.15) is 13.2 Å². The maximum atomic E-state index is 14.4. The molecule has 0 aromatic rings. The second kappa shape index (κ2) is 7.88. The first-order valence-electron chi connectivity index (χ1n) is 6.99. The molecule has 1 heterocycles. The Morgan fingerprint density at radius 2 is 1.75 bits per heavy atom. The van der Waals surface area contributed by atoms with Gasteiger partial charge in [-0.1, -0.05) is 13.8 Å². The van der Waals surface area contributed by atoms with E-state index in [1.807, 2.05) is 0 Å². The lowest BCUT2D eigenvalue weighted by Gasteiger charge is -2.34. The summed E-state index contributed by atoms with van der Waals surface area (Å²) < 4.78 is 46.1. The molecule has 5 N–H and O–H groups in total. The Labute approximate surface area is 135 Å². The van der Waals surface area contributed by atoms with E-state index in [1.54, 1.807) is 13.8 Å². The Balaban J connectivity index is 0.000000640. The van der Waals surface area contributed by atoms with E-state index in [4.69, 9.17) is 15.6 Å². The molecule has 24 heavy (non-hydrogen) atoms. The number of hydrogen-bond acceptors (Lipinski definition) is 5. The summed E-state index contributed by atoms with van der Waals surface area (Å²) in [6.45, 7) is 3.62. The zero-order valence-electron chi connectivity index (χ0n) is 13.5. The van der Waals surface area contributed by atoms with Crippen LogP contribution in [-0.4, -0.2) is 60.3 Å². The summed E-state index contributed by atoms with van der Waals surface area (Å²) in [7, 11) is 1.39. The van der Waals surface area contributed by atoms with Crippen LogP contribution in [0.1, 0.15) is 20.3 Å². The Morgan fingerprint density at radius 3 is 2.00 bits per heavy atom. The third kappa shape index (κ3) is 4.87. The lowest BCUT2D eigenvalue weighted by Crippen LogP contribution is -2.67. The summed E-state index contributed by atoms with van der Waals surface area (Å²) in [6, 6.07) is 0. The molecule has 1 aliphatic heterocycles. The highest BCUT2D eigenvalue weighted by Gasteiger charge is 2.55. The van der Waals surface area contributed by atoms with Gasteiger partial charge >= 0.3 is 12.1 Å². The third-order valence-electron chi connectivity index (χ3n) is 3.64. The number of rotatable bonds is 4. The van der Waals surface area contributed by atoms with Crippen molar-refractivity contribution >= 4 is 17.7 Å². The largest absolute Gasteiger partial charge is 0.490 e. The number of carboxylic acids is 1. The number of ketones is 1. The minimum atomic E-state index is -5.08. The smallest absolute Gasteiger partial charge is 0.475 e. The number of nitrogens with two attached hydrogens (primary N) is 1. The fourth-order valence-electron chi connectivity index (χ4n) is 2.06. The number of carbonyl (C=O) groups is 3. The molecule has 0 saturated carbocycles. The molecule has 140 valence electrons. The van der Waals surface area contributed by atoms with E-state index in [9.17, 15) is 27.2 Å². The highest BCUT2D eigenvalue weighted by atomic mass is 19.4. The topological polar surface area (TPSA) is 122 Å². The number of Topliss-reactive ketones (excluding diaryl/α,β-unsaturated/α-hetero) is 1. The molecular formula is C13H21F4N3O4. The van der Waals surface area contributed by atoms with Crippen molar-refractivity contribution in [2.75, 3.05) is 20.1 Å². The van der Waals surface area contributed by atoms with Crippen LogP contribution < -0.4 is 16.4 Å². The van der Waals surface area contributed by atoms with Crippen molar-refractivity contribution in [1.29, 1.82) is 0 Å². The summed E-state index contributed by atoms with van der Waals surface area (Å²) in [4.78, 5) is 32.9. The van der Waals surface area contributed by atoms with E-state index in [2.05, 4.69) is 10.6 Å². The Hall–Kier alpha value is -1.75. The van der Waals surface area contributed by atoms with Gasteiger partial charge in [0.25, 0.3) is 0 Å². The molecule has 0 unspecified atom stereocenters. The molecule has 11 heteroatoms. The molecule has 1 saturated heterocycles. The van der Waals surface area contributed by atoms with E-state index in [1.165, 1.54) is 7.05 Å². The van der Waals surface area contributed by atoms with Gasteiger partial charge in [-0.25, -0.2) is 9.18 Å². The minimum absolute atomic E-state index is 0.0640. The van der Waals surface area contributed by atoms with E-state index >= 15 is 0 Å². The van der Waals surface area contributed by atoms with Crippen LogP contribution in [0.5, 0.6) is 0 Å². The molecule has 0 bridgehead atoms. The Kier molecular flexibility index (Phi) is 7.31. The van der Waals surface area contributed by atoms with Crippen molar-refractivity contribution in [3.8, 4) is 0 Å². The first-order chi connectivity index (χ1) is 10.7. The molecule has 1 aliphatic rings. The second-order valence-corrected chi connectivity index (χ2v) is 5.63. The van der Waals surface area contributed by atoms with Crippen molar-refractivity contribution in [1.82, 2.24) is 10.6 Å². The average molecular weight is 359 g/mol. The third-order valence-corrected chi connectivity index (χ3v) is 3.64. The van der Waals surface area contributed by atoms with Crippen molar-refractivity contribution in [3.05, 3.63) is 0 Å². The first kappa shape index (κ1) is 22.2. The number of amides is 1. The van der Waals surface area contributed by atoms with Crippen LogP contribution in [-0.2, 0) is 14.4 Å². The lowest BCUT2D eigenvalue weighted by molar-refractivity contribution is -0.192. The van der Waals surface area contributed by atoms with Gasteiger partial charge in [-0.3, -0.25) is 9.59 Å². The van der Waals surface area contributed by atoms with Gasteiger partial charge in [0.1, 0.15) is 0 Å².